The number of carboxylic acids is 1. The van der Waals surface area contributed by atoms with Crippen molar-refractivity contribution in [3.8, 4) is 17.7 Å². The number of piperidine rings is 1. The standard InChI is InChI=1S/C31H31FN6O5/c1-19-12-23(43-30-6-9-34-28(36-30)18-42-27-5-3-22(32)13-21(27)15-33)7-10-37(19)17-29-35-25-4-2-20(31(39)40)14-26(25)38(29)16-24-8-11-41-24/h2-6,9,13-14,19,23-24H,7-8,10-12,16-18H2,1H3,(H,39,40)/t19-,23-,24-/m0/s1. The van der Waals surface area contributed by atoms with Gasteiger partial charge in [0.2, 0.25) is 5.88 Å². The van der Waals surface area contributed by atoms with Gasteiger partial charge in [-0.05, 0) is 62.6 Å². The lowest BCUT2D eigenvalue weighted by Crippen LogP contribution is -2.44. The molecule has 1 N–H and O–H groups in total. The average molecular weight is 587 g/mol. The van der Waals surface area contributed by atoms with Crippen molar-refractivity contribution in [1.82, 2.24) is 24.4 Å². The zero-order chi connectivity index (χ0) is 29.9. The van der Waals surface area contributed by atoms with Gasteiger partial charge in [-0.3, -0.25) is 4.90 Å². The van der Waals surface area contributed by atoms with E-state index in [4.69, 9.17) is 19.2 Å². The number of benzene rings is 2. The van der Waals surface area contributed by atoms with Crippen molar-refractivity contribution < 1.29 is 28.5 Å². The maximum atomic E-state index is 13.4. The van der Waals surface area contributed by atoms with Crippen LogP contribution in [0.25, 0.3) is 11.0 Å². The predicted octanol–water partition coefficient (Wildman–Crippen LogP) is 4.34. The zero-order valence-electron chi connectivity index (χ0n) is 23.6. The molecule has 2 aromatic heterocycles. The number of aromatic nitrogens is 4. The molecule has 6 rings (SSSR count). The highest BCUT2D eigenvalue weighted by atomic mass is 19.1. The largest absolute Gasteiger partial charge is 0.484 e. The van der Waals surface area contributed by atoms with E-state index in [1.54, 1.807) is 30.5 Å². The number of hydrogen-bond acceptors (Lipinski definition) is 9. The van der Waals surface area contributed by atoms with Crippen molar-refractivity contribution >= 4 is 17.0 Å². The van der Waals surface area contributed by atoms with Crippen LogP contribution in [0.5, 0.6) is 11.6 Å². The lowest BCUT2D eigenvalue weighted by Gasteiger charge is -2.37. The summed E-state index contributed by atoms with van der Waals surface area (Å²) in [6.07, 6.45) is 4.20. The molecule has 2 aliphatic rings. The number of fused-ring (bicyclic) bond motifs is 1. The molecule has 0 radical (unpaired) electrons. The summed E-state index contributed by atoms with van der Waals surface area (Å²) in [5.41, 5.74) is 1.92. The molecule has 0 bridgehead atoms. The molecule has 2 aliphatic heterocycles. The Labute approximate surface area is 247 Å². The van der Waals surface area contributed by atoms with Gasteiger partial charge >= 0.3 is 5.97 Å². The first-order chi connectivity index (χ1) is 20.9. The third kappa shape index (κ3) is 6.43. The van der Waals surface area contributed by atoms with Crippen LogP contribution in [-0.4, -0.2) is 66.9 Å². The minimum atomic E-state index is -0.962. The van der Waals surface area contributed by atoms with E-state index in [0.29, 0.717) is 24.8 Å². The highest BCUT2D eigenvalue weighted by molar-refractivity contribution is 5.92. The number of hydrogen-bond donors (Lipinski definition) is 1. The fourth-order valence-corrected chi connectivity index (χ4v) is 5.51. The predicted molar refractivity (Wildman–Crippen MR) is 152 cm³/mol. The maximum Gasteiger partial charge on any atom is 0.335 e. The lowest BCUT2D eigenvalue weighted by molar-refractivity contribution is -0.0593. The van der Waals surface area contributed by atoms with Crippen LogP contribution in [0.2, 0.25) is 0 Å². The van der Waals surface area contributed by atoms with Crippen LogP contribution in [0, 0.1) is 17.1 Å². The minimum absolute atomic E-state index is 0.00716. The molecule has 3 atom stereocenters. The van der Waals surface area contributed by atoms with Crippen molar-refractivity contribution in [2.75, 3.05) is 13.2 Å². The molecule has 222 valence electrons. The van der Waals surface area contributed by atoms with E-state index in [9.17, 15) is 19.6 Å². The molecule has 0 amide bonds. The molecule has 0 aliphatic carbocycles. The van der Waals surface area contributed by atoms with E-state index in [1.165, 1.54) is 12.1 Å². The van der Waals surface area contributed by atoms with Gasteiger partial charge in [0, 0.05) is 31.5 Å². The van der Waals surface area contributed by atoms with E-state index in [1.807, 2.05) is 6.07 Å². The van der Waals surface area contributed by atoms with Gasteiger partial charge in [-0.25, -0.2) is 19.2 Å². The first kappa shape index (κ1) is 28.5. The molecule has 43 heavy (non-hydrogen) atoms. The van der Waals surface area contributed by atoms with Crippen LogP contribution in [0.15, 0.2) is 48.7 Å². The summed E-state index contributed by atoms with van der Waals surface area (Å²) in [4.78, 5) is 27.6. The molecule has 0 spiro atoms. The number of nitriles is 1. The van der Waals surface area contributed by atoms with Crippen LogP contribution in [0.1, 0.15) is 53.8 Å². The van der Waals surface area contributed by atoms with E-state index in [2.05, 4.69) is 26.4 Å². The van der Waals surface area contributed by atoms with Gasteiger partial charge in [0.15, 0.2) is 5.82 Å². The number of imidazole rings is 1. The van der Waals surface area contributed by atoms with Crippen molar-refractivity contribution in [2.24, 2.45) is 0 Å². The Bertz CT molecular complexity index is 1680. The van der Waals surface area contributed by atoms with Crippen molar-refractivity contribution in [3.63, 3.8) is 0 Å². The number of rotatable bonds is 10. The highest BCUT2D eigenvalue weighted by Gasteiger charge is 2.29. The summed E-state index contributed by atoms with van der Waals surface area (Å²) in [6, 6.07) is 12.7. The number of nitrogens with zero attached hydrogens (tertiary/aromatic N) is 6. The number of aromatic carboxylic acids is 1. The van der Waals surface area contributed by atoms with Crippen LogP contribution >= 0.6 is 0 Å². The van der Waals surface area contributed by atoms with Crippen molar-refractivity contribution in [3.05, 3.63) is 77.3 Å². The zero-order valence-corrected chi connectivity index (χ0v) is 23.6. The highest BCUT2D eigenvalue weighted by Crippen LogP contribution is 2.27. The monoisotopic (exact) mass is 586 g/mol. The quantitative estimate of drug-likeness (QED) is 0.286. The SMILES string of the molecule is C[C@H]1C[C@@H](Oc2ccnc(COc3ccc(F)cc3C#N)n2)CCN1Cc1nc2ccc(C(=O)O)cc2n1C[C@@H]1CCO1. The maximum absolute atomic E-state index is 13.4. The molecule has 0 saturated carbocycles. The molecule has 12 heteroatoms. The smallest absolute Gasteiger partial charge is 0.335 e. The molecule has 2 fully saturated rings. The average Bonchev–Trinajstić information content (AvgIpc) is 3.31. The summed E-state index contributed by atoms with van der Waals surface area (Å²) in [6.45, 7) is 4.97. The Morgan fingerprint density at radius 3 is 2.81 bits per heavy atom. The van der Waals surface area contributed by atoms with E-state index >= 15 is 0 Å². The number of ether oxygens (including phenoxy) is 3. The van der Waals surface area contributed by atoms with Crippen LogP contribution in [-0.2, 0) is 24.4 Å². The van der Waals surface area contributed by atoms with Gasteiger partial charge in [0.25, 0.3) is 0 Å². The first-order valence-electron chi connectivity index (χ1n) is 14.3. The van der Waals surface area contributed by atoms with E-state index in [0.717, 1.165) is 55.3 Å². The Morgan fingerprint density at radius 2 is 2.07 bits per heavy atom. The molecule has 11 nitrogen and oxygen atoms in total. The molecule has 4 heterocycles. The van der Waals surface area contributed by atoms with E-state index < -0.39 is 11.8 Å². The Kier molecular flexibility index (Phi) is 8.18. The van der Waals surface area contributed by atoms with Crippen LogP contribution < -0.4 is 9.47 Å². The second-order valence-corrected chi connectivity index (χ2v) is 10.9. The van der Waals surface area contributed by atoms with Gasteiger partial charge in [0.05, 0.1) is 41.4 Å². The molecular formula is C31H31FN6O5. The third-order valence-electron chi connectivity index (χ3n) is 7.95. The Balaban J connectivity index is 1.09. The second-order valence-electron chi connectivity index (χ2n) is 10.9. The first-order valence-corrected chi connectivity index (χ1v) is 14.3. The summed E-state index contributed by atoms with van der Waals surface area (Å²) >= 11 is 0. The van der Waals surface area contributed by atoms with Crippen LogP contribution in [0.4, 0.5) is 4.39 Å². The summed E-state index contributed by atoms with van der Waals surface area (Å²) in [5.74, 6) is 0.506. The summed E-state index contributed by atoms with van der Waals surface area (Å²) < 4.78 is 33.1. The van der Waals surface area contributed by atoms with Crippen molar-refractivity contribution in [2.45, 2.75) is 64.1 Å². The normalized spacial score (nSPS) is 20.3. The lowest BCUT2D eigenvalue weighted by atomic mass is 10.0. The molecule has 2 saturated heterocycles. The van der Waals surface area contributed by atoms with Gasteiger partial charge in [-0.1, -0.05) is 0 Å². The van der Waals surface area contributed by atoms with Gasteiger partial charge in [-0.15, -0.1) is 0 Å². The van der Waals surface area contributed by atoms with Gasteiger partial charge in [-0.2, -0.15) is 10.2 Å². The number of carbonyl (C=O) groups is 1. The number of likely N-dealkylation sites (tertiary alicyclic amines) is 1. The fraction of sp³-hybridized carbons (Fsp3) is 0.387. The summed E-state index contributed by atoms with van der Waals surface area (Å²) in [7, 11) is 0. The molecular weight excluding hydrogens is 555 g/mol. The number of halogens is 1. The molecule has 0 unspecified atom stereocenters. The molecule has 2 aromatic carbocycles. The van der Waals surface area contributed by atoms with Gasteiger partial charge in [0.1, 0.15) is 36.2 Å². The minimum Gasteiger partial charge on any atom is -0.484 e. The fourth-order valence-electron chi connectivity index (χ4n) is 5.51. The Morgan fingerprint density at radius 1 is 1.21 bits per heavy atom. The number of carboxylic acid groups (broad SMARTS) is 1. The van der Waals surface area contributed by atoms with E-state index in [-0.39, 0.29) is 41.7 Å². The van der Waals surface area contributed by atoms with Crippen molar-refractivity contribution in [1.29, 1.82) is 5.26 Å². The summed E-state index contributed by atoms with van der Waals surface area (Å²) in [5, 5.41) is 18.7. The topological polar surface area (TPSA) is 136 Å². The Hall–Kier alpha value is -4.60. The third-order valence-corrected chi connectivity index (χ3v) is 7.95. The van der Waals surface area contributed by atoms with Gasteiger partial charge < -0.3 is 23.9 Å². The molecule has 4 aromatic rings. The second kappa shape index (κ2) is 12.3. The van der Waals surface area contributed by atoms with Crippen LogP contribution in [0.3, 0.4) is 0 Å².